The van der Waals surface area contributed by atoms with Crippen LogP contribution in [0.1, 0.15) is 5.56 Å². The average molecular weight is 247 g/mol. The molecule has 0 radical (unpaired) electrons. The summed E-state index contributed by atoms with van der Waals surface area (Å²) in [7, 11) is 0. The summed E-state index contributed by atoms with van der Waals surface area (Å²) < 4.78 is 38.1. The van der Waals surface area contributed by atoms with Gasteiger partial charge in [0.1, 0.15) is 0 Å². The van der Waals surface area contributed by atoms with Gasteiger partial charge in [0.05, 0.1) is 22.5 Å². The van der Waals surface area contributed by atoms with Crippen LogP contribution in [-0.4, -0.2) is 9.78 Å². The minimum Gasteiger partial charge on any atom is -0.239 e. The Morgan fingerprint density at radius 1 is 1.19 bits per heavy atom. The summed E-state index contributed by atoms with van der Waals surface area (Å²) in [6, 6.07) is 6.55. The van der Waals surface area contributed by atoms with Crippen LogP contribution >= 0.6 is 11.6 Å². The fraction of sp³-hybridized carbons (Fsp3) is 0.100. The minimum atomic E-state index is -4.39. The SMILES string of the molecule is FC(F)(F)c1cnn(-c2ccccc2Cl)c1. The minimum absolute atomic E-state index is 0.347. The molecule has 0 spiro atoms. The summed E-state index contributed by atoms with van der Waals surface area (Å²) in [6.07, 6.45) is -2.72. The summed E-state index contributed by atoms with van der Waals surface area (Å²) in [5.41, 5.74) is -0.382. The van der Waals surface area contributed by atoms with Gasteiger partial charge in [0.2, 0.25) is 0 Å². The highest BCUT2D eigenvalue weighted by Gasteiger charge is 2.32. The number of hydrogen-bond donors (Lipinski definition) is 0. The first kappa shape index (κ1) is 11.0. The zero-order valence-corrected chi connectivity index (χ0v) is 8.63. The summed E-state index contributed by atoms with van der Waals surface area (Å²) in [5.74, 6) is 0. The second-order valence-corrected chi connectivity index (χ2v) is 3.53. The number of nitrogens with zero attached hydrogens (tertiary/aromatic N) is 2. The van der Waals surface area contributed by atoms with Gasteiger partial charge in [-0.3, -0.25) is 0 Å². The first-order valence-corrected chi connectivity index (χ1v) is 4.73. The molecule has 2 rings (SSSR count). The molecule has 0 amide bonds. The maximum Gasteiger partial charge on any atom is 0.419 e. The number of benzene rings is 1. The molecule has 2 aromatic rings. The Morgan fingerprint density at radius 3 is 2.44 bits per heavy atom. The molecule has 2 nitrogen and oxygen atoms in total. The van der Waals surface area contributed by atoms with Crippen LogP contribution < -0.4 is 0 Å². The third-order valence-electron chi connectivity index (χ3n) is 2.01. The zero-order valence-electron chi connectivity index (χ0n) is 7.87. The number of hydrogen-bond acceptors (Lipinski definition) is 1. The van der Waals surface area contributed by atoms with Crippen molar-refractivity contribution in [3.63, 3.8) is 0 Å². The lowest BCUT2D eigenvalue weighted by Crippen LogP contribution is -2.03. The van der Waals surface area contributed by atoms with Crippen molar-refractivity contribution in [1.29, 1.82) is 0 Å². The number of alkyl halides is 3. The fourth-order valence-corrected chi connectivity index (χ4v) is 1.46. The van der Waals surface area contributed by atoms with E-state index in [1.165, 1.54) is 0 Å². The molecule has 0 saturated heterocycles. The molecular formula is C10H6ClF3N2. The van der Waals surface area contributed by atoms with Crippen LogP contribution in [0, 0.1) is 0 Å². The second kappa shape index (κ2) is 3.83. The highest BCUT2D eigenvalue weighted by atomic mass is 35.5. The lowest BCUT2D eigenvalue weighted by atomic mass is 10.3. The Kier molecular flexibility index (Phi) is 2.63. The van der Waals surface area contributed by atoms with E-state index < -0.39 is 11.7 Å². The van der Waals surface area contributed by atoms with Crippen molar-refractivity contribution in [2.24, 2.45) is 0 Å². The van der Waals surface area contributed by atoms with Crippen LogP contribution in [0.25, 0.3) is 5.69 Å². The van der Waals surface area contributed by atoms with Crippen molar-refractivity contribution >= 4 is 11.6 Å². The van der Waals surface area contributed by atoms with Gasteiger partial charge in [0.25, 0.3) is 0 Å². The highest BCUT2D eigenvalue weighted by molar-refractivity contribution is 6.32. The molecule has 0 unspecified atom stereocenters. The number of aromatic nitrogens is 2. The van der Waals surface area contributed by atoms with Gasteiger partial charge in [-0.05, 0) is 12.1 Å². The van der Waals surface area contributed by atoms with E-state index in [9.17, 15) is 13.2 Å². The van der Waals surface area contributed by atoms with E-state index in [0.29, 0.717) is 10.7 Å². The Morgan fingerprint density at radius 2 is 1.88 bits per heavy atom. The van der Waals surface area contributed by atoms with E-state index >= 15 is 0 Å². The third kappa shape index (κ3) is 2.04. The topological polar surface area (TPSA) is 17.8 Å². The molecule has 0 fully saturated rings. The maximum absolute atomic E-state index is 12.3. The lowest BCUT2D eigenvalue weighted by Gasteiger charge is -2.03. The standard InChI is InChI=1S/C10H6ClF3N2/c11-8-3-1-2-4-9(8)16-6-7(5-15-16)10(12,13)14/h1-6H. The largest absolute Gasteiger partial charge is 0.419 e. The summed E-state index contributed by atoms with van der Waals surface area (Å²) in [4.78, 5) is 0. The molecule has 0 aliphatic rings. The Hall–Kier alpha value is -1.49. The highest BCUT2D eigenvalue weighted by Crippen LogP contribution is 2.29. The van der Waals surface area contributed by atoms with Gasteiger partial charge in [0, 0.05) is 6.20 Å². The van der Waals surface area contributed by atoms with Crippen molar-refractivity contribution in [3.8, 4) is 5.69 Å². The van der Waals surface area contributed by atoms with E-state index in [2.05, 4.69) is 5.10 Å². The molecule has 0 N–H and O–H groups in total. The number of halogens is 4. The van der Waals surface area contributed by atoms with Crippen molar-refractivity contribution < 1.29 is 13.2 Å². The predicted molar refractivity (Wildman–Crippen MR) is 53.6 cm³/mol. The first-order chi connectivity index (χ1) is 7.48. The molecule has 0 bridgehead atoms. The zero-order chi connectivity index (χ0) is 11.8. The van der Waals surface area contributed by atoms with Crippen LogP contribution in [0.15, 0.2) is 36.7 Å². The summed E-state index contributed by atoms with van der Waals surface area (Å²) >= 11 is 5.84. The third-order valence-corrected chi connectivity index (χ3v) is 2.33. The monoisotopic (exact) mass is 246 g/mol. The van der Waals surface area contributed by atoms with Gasteiger partial charge in [0.15, 0.2) is 0 Å². The van der Waals surface area contributed by atoms with E-state index in [-0.39, 0.29) is 0 Å². The van der Waals surface area contributed by atoms with Crippen molar-refractivity contribution in [2.75, 3.05) is 0 Å². The van der Waals surface area contributed by atoms with E-state index in [0.717, 1.165) is 17.1 Å². The van der Waals surface area contributed by atoms with Crippen LogP contribution in [0.3, 0.4) is 0 Å². The number of rotatable bonds is 1. The molecule has 1 aromatic heterocycles. The Bertz CT molecular complexity index is 505. The molecule has 0 aliphatic heterocycles. The first-order valence-electron chi connectivity index (χ1n) is 4.35. The van der Waals surface area contributed by atoms with E-state index in [1.807, 2.05) is 0 Å². The Labute approximate surface area is 94.3 Å². The molecule has 16 heavy (non-hydrogen) atoms. The maximum atomic E-state index is 12.3. The average Bonchev–Trinajstić information content (AvgIpc) is 2.66. The van der Waals surface area contributed by atoms with Gasteiger partial charge in [-0.1, -0.05) is 23.7 Å². The van der Waals surface area contributed by atoms with Gasteiger partial charge in [-0.2, -0.15) is 18.3 Å². The van der Waals surface area contributed by atoms with Gasteiger partial charge in [-0.25, -0.2) is 4.68 Å². The molecular weight excluding hydrogens is 241 g/mol. The normalized spacial score (nSPS) is 11.8. The molecule has 6 heteroatoms. The number of para-hydroxylation sites is 1. The van der Waals surface area contributed by atoms with Crippen molar-refractivity contribution in [2.45, 2.75) is 6.18 Å². The van der Waals surface area contributed by atoms with Crippen molar-refractivity contribution in [3.05, 3.63) is 47.2 Å². The molecule has 1 heterocycles. The van der Waals surface area contributed by atoms with Gasteiger partial charge in [-0.15, -0.1) is 0 Å². The van der Waals surface area contributed by atoms with Gasteiger partial charge >= 0.3 is 6.18 Å². The molecule has 0 saturated carbocycles. The van der Waals surface area contributed by atoms with Gasteiger partial charge < -0.3 is 0 Å². The van der Waals surface area contributed by atoms with Crippen LogP contribution in [0.2, 0.25) is 5.02 Å². The molecule has 1 aromatic carbocycles. The Balaban J connectivity index is 2.44. The van der Waals surface area contributed by atoms with Crippen LogP contribution in [0.5, 0.6) is 0 Å². The fourth-order valence-electron chi connectivity index (χ4n) is 1.24. The molecule has 84 valence electrons. The summed E-state index contributed by atoms with van der Waals surface area (Å²) in [6.45, 7) is 0. The van der Waals surface area contributed by atoms with E-state index in [1.54, 1.807) is 24.3 Å². The predicted octanol–water partition coefficient (Wildman–Crippen LogP) is 3.54. The molecule has 0 aliphatic carbocycles. The quantitative estimate of drug-likeness (QED) is 0.752. The smallest absolute Gasteiger partial charge is 0.239 e. The van der Waals surface area contributed by atoms with Crippen molar-refractivity contribution in [1.82, 2.24) is 9.78 Å². The van der Waals surface area contributed by atoms with Crippen LogP contribution in [0.4, 0.5) is 13.2 Å². The van der Waals surface area contributed by atoms with E-state index in [4.69, 9.17) is 11.6 Å². The lowest BCUT2D eigenvalue weighted by molar-refractivity contribution is -0.137. The summed E-state index contributed by atoms with van der Waals surface area (Å²) in [5, 5.41) is 3.97. The van der Waals surface area contributed by atoms with Crippen LogP contribution in [-0.2, 0) is 6.18 Å². The molecule has 0 atom stereocenters. The second-order valence-electron chi connectivity index (χ2n) is 3.12.